The van der Waals surface area contributed by atoms with Crippen LogP contribution in [0.3, 0.4) is 0 Å². The van der Waals surface area contributed by atoms with Gasteiger partial charge < -0.3 is 20.4 Å². The monoisotopic (exact) mass is 618 g/mol. The van der Waals surface area contributed by atoms with Crippen molar-refractivity contribution >= 4 is 21.9 Å². The molecule has 0 aromatic heterocycles. The first-order valence-electron chi connectivity index (χ1n) is 17.1. The smallest absolute Gasteiger partial charge is 0.264 e. The lowest BCUT2D eigenvalue weighted by molar-refractivity contribution is -0.122. The van der Waals surface area contributed by atoms with Crippen LogP contribution in [0.5, 0.6) is 0 Å². The summed E-state index contributed by atoms with van der Waals surface area (Å²) in [6, 6.07) is 0. The third kappa shape index (κ3) is 28.9. The molecule has 3 N–H and O–H groups in total. The molecule has 0 aliphatic carbocycles. The minimum absolute atomic E-state index is 0.0706. The van der Waals surface area contributed by atoms with Crippen LogP contribution >= 0.6 is 0 Å². The Morgan fingerprint density at radius 3 is 1.33 bits per heavy atom. The van der Waals surface area contributed by atoms with Gasteiger partial charge in [0.05, 0.1) is 5.75 Å². The summed E-state index contributed by atoms with van der Waals surface area (Å²) >= 11 is 0. The lowest BCUT2D eigenvalue weighted by atomic mass is 10.1. The highest BCUT2D eigenvalue weighted by Gasteiger charge is 2.12. The van der Waals surface area contributed by atoms with E-state index in [-0.39, 0.29) is 17.6 Å². The molecule has 0 heterocycles. The van der Waals surface area contributed by atoms with Gasteiger partial charge in [-0.15, -0.1) is 0 Å². The van der Waals surface area contributed by atoms with E-state index in [0.717, 1.165) is 58.3 Å². The molecule has 2 amide bonds. The molecule has 0 spiro atoms. The average molecular weight is 619 g/mol. The SMILES string of the molecule is CCCCCCCCCC(=O)NCCN(CCC)CCN(CCCS(=O)(=O)O)CCNC(=O)CCCCCCCCC. The average Bonchev–Trinajstić information content (AvgIpc) is 2.93. The van der Waals surface area contributed by atoms with Gasteiger partial charge in [0.2, 0.25) is 11.8 Å². The number of hydrogen-bond donors (Lipinski definition) is 3. The molecule has 10 heteroatoms. The lowest BCUT2D eigenvalue weighted by Crippen LogP contribution is -2.42. The quantitative estimate of drug-likeness (QED) is 0.0665. The van der Waals surface area contributed by atoms with Crippen LogP contribution in [-0.2, 0) is 19.7 Å². The zero-order valence-corrected chi connectivity index (χ0v) is 28.3. The Kier molecular flexibility index (Phi) is 27.7. The Morgan fingerprint density at radius 1 is 0.524 bits per heavy atom. The maximum atomic E-state index is 12.3. The molecule has 9 nitrogen and oxygen atoms in total. The highest BCUT2D eigenvalue weighted by Crippen LogP contribution is 2.09. The Bertz CT molecular complexity index is 751. The third-order valence-electron chi connectivity index (χ3n) is 7.66. The topological polar surface area (TPSA) is 119 Å². The molecule has 0 aromatic carbocycles. The van der Waals surface area contributed by atoms with Crippen LogP contribution in [0.1, 0.15) is 136 Å². The molecule has 250 valence electrons. The van der Waals surface area contributed by atoms with E-state index in [9.17, 15) is 18.0 Å². The van der Waals surface area contributed by atoms with Gasteiger partial charge in [-0.3, -0.25) is 14.1 Å². The van der Waals surface area contributed by atoms with E-state index in [0.29, 0.717) is 45.4 Å². The van der Waals surface area contributed by atoms with E-state index in [1.165, 1.54) is 64.2 Å². The van der Waals surface area contributed by atoms with E-state index in [1.807, 2.05) is 0 Å². The maximum absolute atomic E-state index is 12.3. The van der Waals surface area contributed by atoms with Crippen molar-refractivity contribution in [2.24, 2.45) is 0 Å². The number of amides is 2. The number of carbonyl (C=O) groups excluding carboxylic acids is 2. The second-order valence-corrected chi connectivity index (χ2v) is 13.3. The van der Waals surface area contributed by atoms with Crippen LogP contribution in [0.15, 0.2) is 0 Å². The molecule has 0 radical (unpaired) electrons. The molecule has 0 aliphatic heterocycles. The minimum atomic E-state index is -4.00. The molecule has 0 bridgehead atoms. The van der Waals surface area contributed by atoms with Crippen LogP contribution in [-0.4, -0.2) is 92.7 Å². The second kappa shape index (κ2) is 28.5. The highest BCUT2D eigenvalue weighted by atomic mass is 32.2. The number of hydrogen-bond acceptors (Lipinski definition) is 6. The fourth-order valence-corrected chi connectivity index (χ4v) is 5.60. The summed E-state index contributed by atoms with van der Waals surface area (Å²) in [5.74, 6) is -0.0715. The van der Waals surface area contributed by atoms with Crippen molar-refractivity contribution in [3.05, 3.63) is 0 Å². The number of carbonyl (C=O) groups is 2. The molecular weight excluding hydrogens is 552 g/mol. The van der Waals surface area contributed by atoms with Gasteiger partial charge in [-0.2, -0.15) is 8.42 Å². The van der Waals surface area contributed by atoms with Crippen LogP contribution < -0.4 is 10.6 Å². The highest BCUT2D eigenvalue weighted by molar-refractivity contribution is 7.85. The van der Waals surface area contributed by atoms with Crippen LogP contribution in [0, 0.1) is 0 Å². The summed E-state index contributed by atoms with van der Waals surface area (Å²) < 4.78 is 31.6. The molecule has 42 heavy (non-hydrogen) atoms. The molecule has 0 rings (SSSR count). The van der Waals surface area contributed by atoms with E-state index >= 15 is 0 Å². The van der Waals surface area contributed by atoms with Crippen LogP contribution in [0.4, 0.5) is 0 Å². The molecule has 0 fully saturated rings. The number of nitrogens with one attached hydrogen (secondary N) is 2. The van der Waals surface area contributed by atoms with Crippen molar-refractivity contribution in [1.29, 1.82) is 0 Å². The van der Waals surface area contributed by atoms with Gasteiger partial charge in [-0.25, -0.2) is 0 Å². The van der Waals surface area contributed by atoms with Gasteiger partial charge in [0, 0.05) is 52.1 Å². The van der Waals surface area contributed by atoms with Crippen molar-refractivity contribution in [3.63, 3.8) is 0 Å². The van der Waals surface area contributed by atoms with Gasteiger partial charge in [0.15, 0.2) is 0 Å². The fraction of sp³-hybridized carbons (Fsp3) is 0.938. The summed E-state index contributed by atoms with van der Waals surface area (Å²) in [7, 11) is -4.00. The normalized spacial score (nSPS) is 11.9. The molecule has 0 saturated carbocycles. The summed E-state index contributed by atoms with van der Waals surface area (Å²) in [5.41, 5.74) is 0. The number of unbranched alkanes of at least 4 members (excludes halogenated alkanes) is 12. The minimum Gasteiger partial charge on any atom is -0.355 e. The first-order valence-corrected chi connectivity index (χ1v) is 18.8. The van der Waals surface area contributed by atoms with Gasteiger partial charge in [0.25, 0.3) is 10.1 Å². The molecule has 0 aliphatic rings. The lowest BCUT2D eigenvalue weighted by Gasteiger charge is -2.27. The van der Waals surface area contributed by atoms with E-state index < -0.39 is 10.1 Å². The van der Waals surface area contributed by atoms with Crippen LogP contribution in [0.2, 0.25) is 0 Å². The second-order valence-electron chi connectivity index (χ2n) is 11.8. The van der Waals surface area contributed by atoms with E-state index in [2.05, 4.69) is 41.2 Å². The largest absolute Gasteiger partial charge is 0.355 e. The molecule has 0 unspecified atom stereocenters. The van der Waals surface area contributed by atoms with Crippen molar-refractivity contribution in [2.45, 2.75) is 136 Å². The van der Waals surface area contributed by atoms with Crippen molar-refractivity contribution in [1.82, 2.24) is 20.4 Å². The van der Waals surface area contributed by atoms with Crippen LogP contribution in [0.25, 0.3) is 0 Å². The molecule has 0 aromatic rings. The maximum Gasteiger partial charge on any atom is 0.264 e. The first-order chi connectivity index (χ1) is 20.2. The van der Waals surface area contributed by atoms with E-state index in [1.54, 1.807) is 0 Å². The Hall–Kier alpha value is -1.23. The molecule has 0 saturated heterocycles. The Labute approximate surface area is 259 Å². The summed E-state index contributed by atoms with van der Waals surface area (Å²) in [5, 5.41) is 6.08. The molecular formula is C32H66N4O5S. The Morgan fingerprint density at radius 2 is 0.929 bits per heavy atom. The molecule has 0 atom stereocenters. The van der Waals surface area contributed by atoms with Crippen molar-refractivity contribution < 1.29 is 22.6 Å². The fourth-order valence-electron chi connectivity index (χ4n) is 5.11. The zero-order chi connectivity index (χ0) is 31.3. The van der Waals surface area contributed by atoms with Gasteiger partial charge in [0.1, 0.15) is 0 Å². The summed E-state index contributed by atoms with van der Waals surface area (Å²) in [6.07, 6.45) is 19.1. The van der Waals surface area contributed by atoms with Gasteiger partial charge >= 0.3 is 0 Å². The van der Waals surface area contributed by atoms with E-state index in [4.69, 9.17) is 4.55 Å². The van der Waals surface area contributed by atoms with Gasteiger partial charge in [-0.1, -0.05) is 97.8 Å². The zero-order valence-electron chi connectivity index (χ0n) is 27.5. The summed E-state index contributed by atoms with van der Waals surface area (Å²) in [6.45, 7) is 12.1. The number of rotatable bonds is 31. The van der Waals surface area contributed by atoms with Crippen molar-refractivity contribution in [2.75, 3.05) is 58.1 Å². The first kappa shape index (κ1) is 40.8. The summed E-state index contributed by atoms with van der Waals surface area (Å²) in [4.78, 5) is 29.0. The predicted molar refractivity (Wildman–Crippen MR) is 175 cm³/mol. The third-order valence-corrected chi connectivity index (χ3v) is 8.47. The predicted octanol–water partition coefficient (Wildman–Crippen LogP) is 5.79. The van der Waals surface area contributed by atoms with Crippen molar-refractivity contribution in [3.8, 4) is 0 Å². The Balaban J connectivity index is 4.43. The standard InChI is InChI=1S/C32H66N4O5S/c1-4-7-9-11-13-15-17-20-31(37)33-22-26-35(24-6-3)28-29-36(25-19-30-42(39,40)41)27-23-34-32(38)21-18-16-14-12-10-8-5-2/h4-30H2,1-3H3,(H,33,37)(H,34,38)(H,39,40,41). The van der Waals surface area contributed by atoms with Gasteiger partial charge in [-0.05, 0) is 38.8 Å². The number of nitrogens with zero attached hydrogens (tertiary/aromatic N) is 2.